The smallest absolute Gasteiger partial charge is 0.223 e. The quantitative estimate of drug-likeness (QED) is 0.433. The summed E-state index contributed by atoms with van der Waals surface area (Å²) in [5, 5.41) is 3.06. The SMILES string of the molecule is O=C(NCCCCCCl)C1CCCCCC1. The number of amides is 1. The molecule has 3 heteroatoms. The molecule has 1 N–H and O–H groups in total. The molecule has 1 rings (SSSR count). The molecule has 0 radical (unpaired) electrons. The van der Waals surface area contributed by atoms with Crippen LogP contribution in [0.3, 0.4) is 0 Å². The van der Waals surface area contributed by atoms with Gasteiger partial charge >= 0.3 is 0 Å². The van der Waals surface area contributed by atoms with Gasteiger partial charge in [-0.25, -0.2) is 0 Å². The molecular formula is C13H24ClNO. The van der Waals surface area contributed by atoms with E-state index in [-0.39, 0.29) is 11.8 Å². The van der Waals surface area contributed by atoms with E-state index < -0.39 is 0 Å². The van der Waals surface area contributed by atoms with Crippen LogP contribution in [0.15, 0.2) is 0 Å². The van der Waals surface area contributed by atoms with Gasteiger partial charge in [0.2, 0.25) is 5.91 Å². The number of rotatable bonds is 6. The first-order valence-corrected chi connectivity index (χ1v) is 7.21. The van der Waals surface area contributed by atoms with Gasteiger partial charge in [-0.05, 0) is 25.7 Å². The van der Waals surface area contributed by atoms with Crippen molar-refractivity contribution >= 4 is 17.5 Å². The molecule has 0 heterocycles. The molecule has 94 valence electrons. The normalized spacial score (nSPS) is 18.1. The first-order valence-electron chi connectivity index (χ1n) is 6.68. The first-order chi connectivity index (χ1) is 7.84. The van der Waals surface area contributed by atoms with E-state index in [1.165, 1.54) is 25.7 Å². The molecule has 0 atom stereocenters. The Kier molecular flexibility index (Phi) is 7.65. The molecule has 0 aliphatic heterocycles. The van der Waals surface area contributed by atoms with Crippen molar-refractivity contribution < 1.29 is 4.79 Å². The Bertz CT molecular complexity index is 188. The van der Waals surface area contributed by atoms with Crippen molar-refractivity contribution in [2.45, 2.75) is 57.8 Å². The van der Waals surface area contributed by atoms with Crippen LogP contribution in [0.4, 0.5) is 0 Å². The van der Waals surface area contributed by atoms with Crippen LogP contribution in [0.5, 0.6) is 0 Å². The van der Waals surface area contributed by atoms with Crippen LogP contribution in [0, 0.1) is 5.92 Å². The van der Waals surface area contributed by atoms with Crippen LogP contribution in [0.2, 0.25) is 0 Å². The highest BCUT2D eigenvalue weighted by Gasteiger charge is 2.19. The number of carbonyl (C=O) groups excluding carboxylic acids is 1. The fraction of sp³-hybridized carbons (Fsp3) is 0.923. The number of alkyl halides is 1. The monoisotopic (exact) mass is 245 g/mol. The van der Waals surface area contributed by atoms with Gasteiger partial charge in [0.05, 0.1) is 0 Å². The fourth-order valence-corrected chi connectivity index (χ4v) is 2.48. The number of nitrogens with one attached hydrogen (secondary N) is 1. The van der Waals surface area contributed by atoms with E-state index in [4.69, 9.17) is 11.6 Å². The van der Waals surface area contributed by atoms with Crippen LogP contribution < -0.4 is 5.32 Å². The topological polar surface area (TPSA) is 29.1 Å². The lowest BCUT2D eigenvalue weighted by Crippen LogP contribution is -2.31. The molecule has 0 saturated heterocycles. The van der Waals surface area contributed by atoms with Crippen LogP contribution in [0.25, 0.3) is 0 Å². The minimum Gasteiger partial charge on any atom is -0.356 e. The summed E-state index contributed by atoms with van der Waals surface area (Å²) in [6.07, 6.45) is 10.5. The second-order valence-electron chi connectivity index (χ2n) is 4.73. The summed E-state index contributed by atoms with van der Waals surface area (Å²) < 4.78 is 0. The summed E-state index contributed by atoms with van der Waals surface area (Å²) in [7, 11) is 0. The third kappa shape index (κ3) is 5.74. The molecule has 0 aromatic carbocycles. The molecule has 1 aliphatic carbocycles. The summed E-state index contributed by atoms with van der Waals surface area (Å²) in [5.74, 6) is 1.31. The molecule has 16 heavy (non-hydrogen) atoms. The standard InChI is InChI=1S/C13H24ClNO/c14-10-6-3-7-11-15-13(16)12-8-4-1-2-5-9-12/h12H,1-11H2,(H,15,16). The van der Waals surface area contributed by atoms with Crippen molar-refractivity contribution in [3.63, 3.8) is 0 Å². The molecule has 1 saturated carbocycles. The zero-order valence-corrected chi connectivity index (χ0v) is 10.9. The third-order valence-electron chi connectivity index (χ3n) is 3.34. The Balaban J connectivity index is 2.08. The van der Waals surface area contributed by atoms with Gasteiger partial charge in [0.1, 0.15) is 0 Å². The number of unbranched alkanes of at least 4 members (excludes halogenated alkanes) is 2. The molecular weight excluding hydrogens is 222 g/mol. The van der Waals surface area contributed by atoms with Crippen molar-refractivity contribution in [3.8, 4) is 0 Å². The molecule has 2 nitrogen and oxygen atoms in total. The van der Waals surface area contributed by atoms with E-state index >= 15 is 0 Å². The lowest BCUT2D eigenvalue weighted by Gasteiger charge is -2.13. The fourth-order valence-electron chi connectivity index (χ4n) is 2.29. The van der Waals surface area contributed by atoms with Gasteiger partial charge in [-0.15, -0.1) is 11.6 Å². The van der Waals surface area contributed by atoms with Crippen LogP contribution in [-0.2, 0) is 4.79 Å². The largest absolute Gasteiger partial charge is 0.356 e. The van der Waals surface area contributed by atoms with Gasteiger partial charge in [0, 0.05) is 18.3 Å². The second-order valence-corrected chi connectivity index (χ2v) is 5.11. The lowest BCUT2D eigenvalue weighted by atomic mass is 9.99. The van der Waals surface area contributed by atoms with Gasteiger partial charge in [-0.3, -0.25) is 4.79 Å². The Morgan fingerprint density at radius 2 is 1.75 bits per heavy atom. The minimum atomic E-state index is 0.285. The number of hydrogen-bond acceptors (Lipinski definition) is 1. The van der Waals surface area contributed by atoms with Gasteiger partial charge in [0.15, 0.2) is 0 Å². The number of halogens is 1. The first kappa shape index (κ1) is 13.8. The van der Waals surface area contributed by atoms with Crippen LogP contribution in [0.1, 0.15) is 57.8 Å². The summed E-state index contributed by atoms with van der Waals surface area (Å²) in [6.45, 7) is 0.826. The maximum atomic E-state index is 11.8. The van der Waals surface area contributed by atoms with Gasteiger partial charge in [-0.2, -0.15) is 0 Å². The molecule has 0 bridgehead atoms. The molecule has 1 fully saturated rings. The van der Waals surface area contributed by atoms with Gasteiger partial charge in [-0.1, -0.05) is 32.1 Å². The average molecular weight is 246 g/mol. The zero-order chi connectivity index (χ0) is 11.6. The molecule has 0 spiro atoms. The van der Waals surface area contributed by atoms with E-state index in [2.05, 4.69) is 5.32 Å². The maximum Gasteiger partial charge on any atom is 0.223 e. The lowest BCUT2D eigenvalue weighted by molar-refractivity contribution is -0.125. The van der Waals surface area contributed by atoms with Gasteiger partial charge in [0.25, 0.3) is 0 Å². The van der Waals surface area contributed by atoms with Gasteiger partial charge < -0.3 is 5.32 Å². The summed E-state index contributed by atoms with van der Waals surface area (Å²) in [6, 6.07) is 0. The second kappa shape index (κ2) is 8.86. The highest BCUT2D eigenvalue weighted by atomic mass is 35.5. The average Bonchev–Trinajstić information content (AvgIpc) is 2.57. The van der Waals surface area contributed by atoms with Crippen molar-refractivity contribution in [3.05, 3.63) is 0 Å². The van der Waals surface area contributed by atoms with E-state index in [1.807, 2.05) is 0 Å². The highest BCUT2D eigenvalue weighted by molar-refractivity contribution is 6.17. The molecule has 1 amide bonds. The summed E-state index contributed by atoms with van der Waals surface area (Å²) in [5.41, 5.74) is 0. The van der Waals surface area contributed by atoms with Crippen molar-refractivity contribution in [1.29, 1.82) is 0 Å². The van der Waals surface area contributed by atoms with Crippen molar-refractivity contribution in [2.24, 2.45) is 5.92 Å². The Hall–Kier alpha value is -0.240. The Morgan fingerprint density at radius 1 is 1.06 bits per heavy atom. The predicted octanol–water partition coefficient (Wildman–Crippen LogP) is 3.48. The zero-order valence-electron chi connectivity index (χ0n) is 10.1. The number of carbonyl (C=O) groups is 1. The van der Waals surface area contributed by atoms with E-state index in [9.17, 15) is 4.79 Å². The van der Waals surface area contributed by atoms with Crippen molar-refractivity contribution in [2.75, 3.05) is 12.4 Å². The predicted molar refractivity (Wildman–Crippen MR) is 68.8 cm³/mol. The minimum absolute atomic E-state index is 0.285. The Labute approximate surface area is 104 Å². The molecule has 0 aromatic rings. The number of hydrogen-bond donors (Lipinski definition) is 1. The molecule has 0 aromatic heterocycles. The van der Waals surface area contributed by atoms with Crippen LogP contribution in [-0.4, -0.2) is 18.3 Å². The highest BCUT2D eigenvalue weighted by Crippen LogP contribution is 2.22. The van der Waals surface area contributed by atoms with Crippen molar-refractivity contribution in [1.82, 2.24) is 5.32 Å². The molecule has 0 unspecified atom stereocenters. The third-order valence-corrected chi connectivity index (χ3v) is 3.60. The maximum absolute atomic E-state index is 11.8. The summed E-state index contributed by atoms with van der Waals surface area (Å²) in [4.78, 5) is 11.8. The Morgan fingerprint density at radius 3 is 2.38 bits per heavy atom. The van der Waals surface area contributed by atoms with Crippen LogP contribution >= 0.6 is 11.6 Å². The summed E-state index contributed by atoms with van der Waals surface area (Å²) >= 11 is 5.60. The van der Waals surface area contributed by atoms with E-state index in [1.54, 1.807) is 0 Å². The van der Waals surface area contributed by atoms with E-state index in [0.717, 1.165) is 44.5 Å². The molecule has 1 aliphatic rings. The van der Waals surface area contributed by atoms with E-state index in [0.29, 0.717) is 0 Å².